The lowest BCUT2D eigenvalue weighted by Crippen LogP contribution is -2.56. The Balaban J connectivity index is 2.73. The number of amides is 2. The van der Waals surface area contributed by atoms with Gasteiger partial charge in [0, 0.05) is 18.3 Å². The number of carbonyl (C=O) groups excluding carboxylic acids is 2. The van der Waals surface area contributed by atoms with Gasteiger partial charge in [-0.1, -0.05) is 13.8 Å². The molecule has 0 aliphatic carbocycles. The highest BCUT2D eigenvalue weighted by molar-refractivity contribution is 7.98. The van der Waals surface area contributed by atoms with Gasteiger partial charge in [-0.15, -0.1) is 0 Å². The van der Waals surface area contributed by atoms with Crippen molar-refractivity contribution in [3.63, 3.8) is 0 Å². The first-order chi connectivity index (χ1) is 12.3. The zero-order chi connectivity index (χ0) is 19.7. The summed E-state index contributed by atoms with van der Waals surface area (Å²) in [4.78, 5) is 42.8. The van der Waals surface area contributed by atoms with Crippen LogP contribution < -0.4 is 16.4 Å². The summed E-state index contributed by atoms with van der Waals surface area (Å²) in [6, 6.07) is -2.71. The molecule has 0 aromatic carbocycles. The minimum absolute atomic E-state index is 0.0626. The molecule has 0 aliphatic rings. The Hall–Kier alpha value is -2.07. The van der Waals surface area contributed by atoms with Crippen molar-refractivity contribution in [3.8, 4) is 0 Å². The van der Waals surface area contributed by atoms with E-state index in [9.17, 15) is 19.5 Å². The van der Waals surface area contributed by atoms with Gasteiger partial charge in [-0.2, -0.15) is 11.8 Å². The molecule has 6 N–H and O–H groups in total. The van der Waals surface area contributed by atoms with E-state index in [2.05, 4.69) is 20.6 Å². The summed E-state index contributed by atoms with van der Waals surface area (Å²) in [6.45, 7) is 3.53. The van der Waals surface area contributed by atoms with Crippen LogP contribution in [0.15, 0.2) is 12.5 Å². The summed E-state index contributed by atoms with van der Waals surface area (Å²) in [7, 11) is 0. The van der Waals surface area contributed by atoms with E-state index in [0.29, 0.717) is 12.1 Å². The second-order valence-corrected chi connectivity index (χ2v) is 7.28. The predicted octanol–water partition coefficient (Wildman–Crippen LogP) is -0.257. The van der Waals surface area contributed by atoms with Gasteiger partial charge in [0.25, 0.3) is 0 Å². The van der Waals surface area contributed by atoms with Crippen LogP contribution >= 0.6 is 11.8 Å². The van der Waals surface area contributed by atoms with E-state index < -0.39 is 35.9 Å². The molecule has 0 radical (unpaired) electrons. The number of hydrogen-bond donors (Lipinski definition) is 5. The standard InChI is InChI=1S/C16H27N5O4S/c1-9(2)13(21-14(22)11(17)4-5-26-3)15(23)20-12(16(24)25)6-10-7-18-8-19-10/h7-9,11-13H,4-6,17H2,1-3H3,(H,18,19)(H,20,23)(H,21,22)(H,24,25)/t11-,12-,13-/m0/s1. The predicted molar refractivity (Wildman–Crippen MR) is 99.6 cm³/mol. The van der Waals surface area contributed by atoms with Crippen LogP contribution in [0.5, 0.6) is 0 Å². The van der Waals surface area contributed by atoms with Crippen molar-refractivity contribution in [2.75, 3.05) is 12.0 Å². The van der Waals surface area contributed by atoms with Crippen molar-refractivity contribution in [3.05, 3.63) is 18.2 Å². The lowest BCUT2D eigenvalue weighted by Gasteiger charge is -2.25. The molecular weight excluding hydrogens is 358 g/mol. The van der Waals surface area contributed by atoms with Crippen LogP contribution in [0.3, 0.4) is 0 Å². The number of nitrogens with one attached hydrogen (secondary N) is 3. The first-order valence-electron chi connectivity index (χ1n) is 8.31. The monoisotopic (exact) mass is 385 g/mol. The number of carboxylic acid groups (broad SMARTS) is 1. The number of aromatic amines is 1. The lowest BCUT2D eigenvalue weighted by molar-refractivity contribution is -0.142. The van der Waals surface area contributed by atoms with Gasteiger partial charge in [0.05, 0.1) is 12.4 Å². The molecule has 0 unspecified atom stereocenters. The van der Waals surface area contributed by atoms with Gasteiger partial charge in [0.1, 0.15) is 12.1 Å². The van der Waals surface area contributed by atoms with Crippen molar-refractivity contribution in [2.24, 2.45) is 11.7 Å². The number of thioether (sulfide) groups is 1. The zero-order valence-electron chi connectivity index (χ0n) is 15.2. The van der Waals surface area contributed by atoms with Crippen LogP contribution in [0.4, 0.5) is 0 Å². The van der Waals surface area contributed by atoms with E-state index in [1.165, 1.54) is 12.5 Å². The normalized spacial score (nSPS) is 14.5. The number of imidazole rings is 1. The molecule has 2 amide bonds. The second-order valence-electron chi connectivity index (χ2n) is 6.30. The maximum absolute atomic E-state index is 12.5. The van der Waals surface area contributed by atoms with E-state index >= 15 is 0 Å². The van der Waals surface area contributed by atoms with Gasteiger partial charge >= 0.3 is 5.97 Å². The molecule has 146 valence electrons. The average Bonchev–Trinajstić information content (AvgIpc) is 3.09. The highest BCUT2D eigenvalue weighted by Gasteiger charge is 2.30. The van der Waals surface area contributed by atoms with Crippen LogP contribution in [-0.4, -0.2) is 63.0 Å². The third-order valence-corrected chi connectivity index (χ3v) is 4.45. The van der Waals surface area contributed by atoms with Crippen molar-refractivity contribution >= 4 is 29.5 Å². The number of H-pyrrole nitrogens is 1. The Labute approximate surface area is 156 Å². The number of rotatable bonds is 11. The topological polar surface area (TPSA) is 150 Å². The number of nitrogens with two attached hydrogens (primary N) is 1. The van der Waals surface area contributed by atoms with Crippen molar-refractivity contribution in [1.29, 1.82) is 0 Å². The molecule has 0 aliphatic heterocycles. The van der Waals surface area contributed by atoms with Crippen LogP contribution in [0, 0.1) is 5.92 Å². The number of carbonyl (C=O) groups is 3. The second kappa shape index (κ2) is 10.8. The summed E-state index contributed by atoms with van der Waals surface area (Å²) in [5, 5.41) is 14.5. The molecule has 10 heteroatoms. The number of hydrogen-bond acceptors (Lipinski definition) is 6. The molecule has 1 rings (SSSR count). The summed E-state index contributed by atoms with van der Waals surface area (Å²) >= 11 is 1.58. The van der Waals surface area contributed by atoms with Crippen molar-refractivity contribution in [2.45, 2.75) is 44.8 Å². The fraction of sp³-hybridized carbons (Fsp3) is 0.625. The fourth-order valence-electron chi connectivity index (χ4n) is 2.25. The van der Waals surface area contributed by atoms with E-state index in [0.717, 1.165) is 5.75 Å². The molecule has 26 heavy (non-hydrogen) atoms. The van der Waals surface area contributed by atoms with E-state index in [4.69, 9.17) is 5.73 Å². The maximum atomic E-state index is 12.5. The highest BCUT2D eigenvalue weighted by atomic mass is 32.2. The lowest BCUT2D eigenvalue weighted by atomic mass is 10.0. The quantitative estimate of drug-likeness (QED) is 0.352. The Morgan fingerprint density at radius 1 is 1.31 bits per heavy atom. The largest absolute Gasteiger partial charge is 0.480 e. The zero-order valence-corrected chi connectivity index (χ0v) is 16.0. The Bertz CT molecular complexity index is 593. The van der Waals surface area contributed by atoms with E-state index in [1.807, 2.05) is 6.26 Å². The number of nitrogens with zero attached hydrogens (tertiary/aromatic N) is 1. The molecule has 0 saturated heterocycles. The Kier molecular flexibility index (Phi) is 9.14. The van der Waals surface area contributed by atoms with Gasteiger partial charge < -0.3 is 26.5 Å². The van der Waals surface area contributed by atoms with Crippen LogP contribution in [0.1, 0.15) is 26.0 Å². The molecule has 1 heterocycles. The molecule has 1 aromatic heterocycles. The Morgan fingerprint density at radius 2 is 2.00 bits per heavy atom. The van der Waals surface area contributed by atoms with Gasteiger partial charge in [-0.05, 0) is 24.3 Å². The molecule has 3 atom stereocenters. The van der Waals surface area contributed by atoms with E-state index in [1.54, 1.807) is 25.6 Å². The molecule has 0 spiro atoms. The summed E-state index contributed by atoms with van der Waals surface area (Å²) < 4.78 is 0. The minimum atomic E-state index is -1.17. The third kappa shape index (κ3) is 7.04. The summed E-state index contributed by atoms with van der Waals surface area (Å²) in [5.74, 6) is -1.64. The SMILES string of the molecule is CSCC[C@H](N)C(=O)N[C@H](C(=O)N[C@@H](Cc1cnc[nH]1)C(=O)O)C(C)C. The molecule has 0 saturated carbocycles. The number of aliphatic carboxylic acids is 1. The molecule has 9 nitrogen and oxygen atoms in total. The minimum Gasteiger partial charge on any atom is -0.480 e. The van der Waals surface area contributed by atoms with Crippen molar-refractivity contribution < 1.29 is 19.5 Å². The third-order valence-electron chi connectivity index (χ3n) is 3.81. The molecular formula is C16H27N5O4S. The van der Waals surface area contributed by atoms with Crippen LogP contribution in [0.2, 0.25) is 0 Å². The molecule has 0 bridgehead atoms. The van der Waals surface area contributed by atoms with Crippen LogP contribution in [0.25, 0.3) is 0 Å². The highest BCUT2D eigenvalue weighted by Crippen LogP contribution is 2.06. The Morgan fingerprint density at radius 3 is 2.50 bits per heavy atom. The van der Waals surface area contributed by atoms with Gasteiger partial charge in [-0.3, -0.25) is 9.59 Å². The molecule has 1 aromatic rings. The number of carboxylic acids is 1. The summed E-state index contributed by atoms with van der Waals surface area (Å²) in [6.07, 6.45) is 5.41. The van der Waals surface area contributed by atoms with Gasteiger partial charge in [0.2, 0.25) is 11.8 Å². The van der Waals surface area contributed by atoms with Crippen LogP contribution in [-0.2, 0) is 20.8 Å². The van der Waals surface area contributed by atoms with Gasteiger partial charge in [-0.25, -0.2) is 9.78 Å². The van der Waals surface area contributed by atoms with Crippen molar-refractivity contribution in [1.82, 2.24) is 20.6 Å². The number of aromatic nitrogens is 2. The van der Waals surface area contributed by atoms with E-state index in [-0.39, 0.29) is 12.3 Å². The average molecular weight is 385 g/mol. The first kappa shape index (κ1) is 22.0. The smallest absolute Gasteiger partial charge is 0.326 e. The maximum Gasteiger partial charge on any atom is 0.326 e. The van der Waals surface area contributed by atoms with Gasteiger partial charge in [0.15, 0.2) is 0 Å². The molecule has 0 fully saturated rings. The summed E-state index contributed by atoms with van der Waals surface area (Å²) in [5.41, 5.74) is 6.41. The first-order valence-corrected chi connectivity index (χ1v) is 9.71. The fourth-order valence-corrected chi connectivity index (χ4v) is 2.74.